The summed E-state index contributed by atoms with van der Waals surface area (Å²) in [6, 6.07) is 6.95. The average molecular weight is 179 g/mol. The Labute approximate surface area is 77.2 Å². The number of nitrogens with two attached hydrogens (primary N) is 1. The summed E-state index contributed by atoms with van der Waals surface area (Å²) in [5.41, 5.74) is 6.59. The lowest BCUT2D eigenvalue weighted by Gasteiger charge is -2.07. The number of aliphatic hydroxyl groups excluding tert-OH is 1. The van der Waals surface area contributed by atoms with Crippen LogP contribution in [-0.2, 0) is 0 Å². The van der Waals surface area contributed by atoms with Crippen LogP contribution >= 0.6 is 0 Å². The summed E-state index contributed by atoms with van der Waals surface area (Å²) in [5, 5.41) is 8.88. The zero-order valence-corrected chi connectivity index (χ0v) is 7.53. The van der Waals surface area contributed by atoms with Gasteiger partial charge in [0.2, 0.25) is 5.91 Å². The summed E-state index contributed by atoms with van der Waals surface area (Å²) in [5.74, 6) is -0.329. The van der Waals surface area contributed by atoms with Gasteiger partial charge in [-0.3, -0.25) is 4.79 Å². The Morgan fingerprint density at radius 2 is 2.00 bits per heavy atom. The van der Waals surface area contributed by atoms with Crippen molar-refractivity contribution in [3.8, 4) is 0 Å². The van der Waals surface area contributed by atoms with E-state index in [0.717, 1.165) is 5.56 Å². The van der Waals surface area contributed by atoms with E-state index in [1.165, 1.54) is 0 Å². The van der Waals surface area contributed by atoms with Crippen molar-refractivity contribution in [3.05, 3.63) is 35.4 Å². The number of rotatable bonds is 3. The second-order valence-corrected chi connectivity index (χ2v) is 3.07. The van der Waals surface area contributed by atoms with E-state index in [4.69, 9.17) is 10.8 Å². The van der Waals surface area contributed by atoms with Crippen molar-refractivity contribution in [1.82, 2.24) is 0 Å². The van der Waals surface area contributed by atoms with E-state index in [1.807, 2.05) is 6.92 Å². The molecule has 0 aliphatic rings. The molecule has 1 amide bonds. The molecule has 1 rings (SSSR count). The molecule has 0 fully saturated rings. The van der Waals surface area contributed by atoms with Crippen molar-refractivity contribution in [2.75, 3.05) is 6.61 Å². The number of amides is 1. The zero-order valence-electron chi connectivity index (χ0n) is 7.53. The quantitative estimate of drug-likeness (QED) is 0.723. The molecule has 3 nitrogen and oxygen atoms in total. The second-order valence-electron chi connectivity index (χ2n) is 3.07. The molecule has 0 aromatic heterocycles. The van der Waals surface area contributed by atoms with Crippen LogP contribution in [-0.4, -0.2) is 17.6 Å². The molecule has 0 aliphatic carbocycles. The van der Waals surface area contributed by atoms with Gasteiger partial charge in [-0.05, 0) is 17.7 Å². The van der Waals surface area contributed by atoms with Crippen LogP contribution in [0.1, 0.15) is 28.8 Å². The van der Waals surface area contributed by atoms with Gasteiger partial charge in [-0.2, -0.15) is 0 Å². The Morgan fingerprint density at radius 3 is 2.38 bits per heavy atom. The molecule has 0 saturated heterocycles. The SMILES string of the molecule is CC(CO)c1ccc(C(N)=O)cc1. The third kappa shape index (κ3) is 2.29. The highest BCUT2D eigenvalue weighted by Gasteiger charge is 2.04. The highest BCUT2D eigenvalue weighted by Crippen LogP contribution is 2.14. The fourth-order valence-corrected chi connectivity index (χ4v) is 1.08. The van der Waals surface area contributed by atoms with Crippen molar-refractivity contribution < 1.29 is 9.90 Å². The van der Waals surface area contributed by atoms with E-state index < -0.39 is 5.91 Å². The first-order chi connectivity index (χ1) is 6.15. The maximum atomic E-state index is 10.7. The minimum absolute atomic E-state index is 0.0990. The van der Waals surface area contributed by atoms with Crippen LogP contribution in [0.3, 0.4) is 0 Å². The van der Waals surface area contributed by atoms with Crippen LogP contribution in [0.2, 0.25) is 0 Å². The number of carbonyl (C=O) groups is 1. The van der Waals surface area contributed by atoms with E-state index >= 15 is 0 Å². The normalized spacial score (nSPS) is 12.5. The average Bonchev–Trinajstić information content (AvgIpc) is 2.17. The maximum absolute atomic E-state index is 10.7. The van der Waals surface area contributed by atoms with Gasteiger partial charge < -0.3 is 10.8 Å². The monoisotopic (exact) mass is 179 g/mol. The minimum Gasteiger partial charge on any atom is -0.396 e. The van der Waals surface area contributed by atoms with Crippen molar-refractivity contribution in [1.29, 1.82) is 0 Å². The maximum Gasteiger partial charge on any atom is 0.248 e. The molecule has 0 saturated carbocycles. The van der Waals surface area contributed by atoms with E-state index in [-0.39, 0.29) is 12.5 Å². The van der Waals surface area contributed by atoms with Gasteiger partial charge in [-0.25, -0.2) is 0 Å². The van der Waals surface area contributed by atoms with Crippen molar-refractivity contribution in [3.63, 3.8) is 0 Å². The van der Waals surface area contributed by atoms with E-state index in [2.05, 4.69) is 0 Å². The van der Waals surface area contributed by atoms with Gasteiger partial charge in [0.25, 0.3) is 0 Å². The van der Waals surface area contributed by atoms with Crippen LogP contribution in [0, 0.1) is 0 Å². The molecule has 70 valence electrons. The van der Waals surface area contributed by atoms with E-state index in [1.54, 1.807) is 24.3 Å². The van der Waals surface area contributed by atoms with E-state index in [0.29, 0.717) is 5.56 Å². The molecule has 3 heteroatoms. The molecule has 1 unspecified atom stereocenters. The Hall–Kier alpha value is -1.35. The van der Waals surface area contributed by atoms with Gasteiger partial charge in [0.15, 0.2) is 0 Å². The first kappa shape index (κ1) is 9.74. The summed E-state index contributed by atoms with van der Waals surface area (Å²) < 4.78 is 0. The predicted octanol–water partition coefficient (Wildman–Crippen LogP) is 0.881. The molecule has 0 radical (unpaired) electrons. The van der Waals surface area contributed by atoms with Crippen LogP contribution in [0.5, 0.6) is 0 Å². The molecule has 1 aromatic rings. The van der Waals surface area contributed by atoms with Gasteiger partial charge in [-0.15, -0.1) is 0 Å². The topological polar surface area (TPSA) is 63.3 Å². The van der Waals surface area contributed by atoms with Gasteiger partial charge in [0, 0.05) is 18.1 Å². The molecular weight excluding hydrogens is 166 g/mol. The van der Waals surface area contributed by atoms with Gasteiger partial charge in [0.05, 0.1) is 0 Å². The molecule has 0 spiro atoms. The minimum atomic E-state index is -0.428. The standard InChI is InChI=1S/C10H13NO2/c1-7(6-12)8-2-4-9(5-3-8)10(11)13/h2-5,7,12H,6H2,1H3,(H2,11,13). The third-order valence-corrected chi connectivity index (χ3v) is 2.04. The Kier molecular flexibility index (Phi) is 3.03. The summed E-state index contributed by atoms with van der Waals surface area (Å²) in [4.78, 5) is 10.7. The van der Waals surface area contributed by atoms with Crippen LogP contribution in [0.25, 0.3) is 0 Å². The lowest BCUT2D eigenvalue weighted by Crippen LogP contribution is -2.10. The fraction of sp³-hybridized carbons (Fsp3) is 0.300. The Balaban J connectivity index is 2.87. The smallest absolute Gasteiger partial charge is 0.248 e. The third-order valence-electron chi connectivity index (χ3n) is 2.04. The summed E-state index contributed by atoms with van der Waals surface area (Å²) in [6.07, 6.45) is 0. The number of benzene rings is 1. The van der Waals surface area contributed by atoms with Gasteiger partial charge >= 0.3 is 0 Å². The first-order valence-corrected chi connectivity index (χ1v) is 4.15. The Bertz CT molecular complexity index is 292. The summed E-state index contributed by atoms with van der Waals surface area (Å²) in [7, 11) is 0. The molecule has 3 N–H and O–H groups in total. The molecular formula is C10H13NO2. The van der Waals surface area contributed by atoms with Crippen LogP contribution in [0.15, 0.2) is 24.3 Å². The molecule has 1 atom stereocenters. The number of aliphatic hydroxyl groups is 1. The molecule has 0 bridgehead atoms. The lowest BCUT2D eigenvalue weighted by atomic mass is 10.0. The van der Waals surface area contributed by atoms with Crippen molar-refractivity contribution in [2.45, 2.75) is 12.8 Å². The van der Waals surface area contributed by atoms with Gasteiger partial charge in [-0.1, -0.05) is 19.1 Å². The number of carbonyl (C=O) groups excluding carboxylic acids is 1. The van der Waals surface area contributed by atoms with Crippen molar-refractivity contribution >= 4 is 5.91 Å². The predicted molar refractivity (Wildman–Crippen MR) is 50.5 cm³/mol. The largest absolute Gasteiger partial charge is 0.396 e. The summed E-state index contributed by atoms with van der Waals surface area (Å²) >= 11 is 0. The Morgan fingerprint density at radius 1 is 1.46 bits per heavy atom. The second kappa shape index (κ2) is 4.05. The zero-order chi connectivity index (χ0) is 9.84. The number of hydrogen-bond donors (Lipinski definition) is 2. The summed E-state index contributed by atoms with van der Waals surface area (Å²) in [6.45, 7) is 2.02. The number of hydrogen-bond acceptors (Lipinski definition) is 2. The van der Waals surface area contributed by atoms with Crippen LogP contribution < -0.4 is 5.73 Å². The lowest BCUT2D eigenvalue weighted by molar-refractivity contribution is 0.100. The molecule has 0 heterocycles. The molecule has 13 heavy (non-hydrogen) atoms. The highest BCUT2D eigenvalue weighted by molar-refractivity contribution is 5.92. The molecule has 1 aromatic carbocycles. The van der Waals surface area contributed by atoms with Crippen LogP contribution in [0.4, 0.5) is 0 Å². The number of primary amides is 1. The fourth-order valence-electron chi connectivity index (χ4n) is 1.08. The first-order valence-electron chi connectivity index (χ1n) is 4.15. The molecule has 0 aliphatic heterocycles. The highest BCUT2D eigenvalue weighted by atomic mass is 16.3. The van der Waals surface area contributed by atoms with Crippen molar-refractivity contribution in [2.24, 2.45) is 5.73 Å². The van der Waals surface area contributed by atoms with E-state index in [9.17, 15) is 4.79 Å². The van der Waals surface area contributed by atoms with Gasteiger partial charge in [0.1, 0.15) is 0 Å².